The first-order valence-electron chi connectivity index (χ1n) is 6.78. The summed E-state index contributed by atoms with van der Waals surface area (Å²) < 4.78 is 3.90. The third kappa shape index (κ3) is 2.88. The van der Waals surface area contributed by atoms with Gasteiger partial charge in [-0.05, 0) is 62.0 Å². The summed E-state index contributed by atoms with van der Waals surface area (Å²) in [4.78, 5) is 15.1. The first-order chi connectivity index (χ1) is 9.56. The fraction of sp³-hybridized carbons (Fsp3) is 0.400. The van der Waals surface area contributed by atoms with Gasteiger partial charge in [-0.15, -0.1) is 5.10 Å². The van der Waals surface area contributed by atoms with Crippen molar-refractivity contribution < 1.29 is 4.79 Å². The molecular formula is C15H19N3OS. The molecule has 0 unspecified atom stereocenters. The van der Waals surface area contributed by atoms with Crippen molar-refractivity contribution in [2.24, 2.45) is 0 Å². The maximum atomic E-state index is 12.7. The molecule has 0 bridgehead atoms. The maximum Gasteiger partial charge on any atom is 0.271 e. The van der Waals surface area contributed by atoms with Gasteiger partial charge in [0.25, 0.3) is 5.91 Å². The van der Waals surface area contributed by atoms with Crippen LogP contribution < -0.4 is 4.90 Å². The van der Waals surface area contributed by atoms with Gasteiger partial charge in [0.05, 0.1) is 5.69 Å². The van der Waals surface area contributed by atoms with Crippen LogP contribution in [0.15, 0.2) is 18.2 Å². The highest BCUT2D eigenvalue weighted by Crippen LogP contribution is 2.23. The van der Waals surface area contributed by atoms with Crippen molar-refractivity contribution in [1.29, 1.82) is 0 Å². The van der Waals surface area contributed by atoms with Crippen molar-refractivity contribution in [2.45, 2.75) is 34.1 Å². The fourth-order valence-corrected chi connectivity index (χ4v) is 2.97. The summed E-state index contributed by atoms with van der Waals surface area (Å²) in [5, 5.41) is 4.02. The van der Waals surface area contributed by atoms with Crippen LogP contribution in [-0.2, 0) is 6.42 Å². The van der Waals surface area contributed by atoms with Gasteiger partial charge in [0.15, 0.2) is 0 Å². The molecule has 0 aliphatic rings. The zero-order valence-corrected chi connectivity index (χ0v) is 13.1. The van der Waals surface area contributed by atoms with Gasteiger partial charge < -0.3 is 4.90 Å². The van der Waals surface area contributed by atoms with Crippen LogP contribution in [0.25, 0.3) is 0 Å². The van der Waals surface area contributed by atoms with Gasteiger partial charge >= 0.3 is 0 Å². The molecule has 0 N–H and O–H groups in total. The van der Waals surface area contributed by atoms with Gasteiger partial charge in [-0.2, -0.15) is 0 Å². The van der Waals surface area contributed by atoms with E-state index in [1.165, 1.54) is 11.5 Å². The van der Waals surface area contributed by atoms with Crippen molar-refractivity contribution in [1.82, 2.24) is 9.59 Å². The minimum Gasteiger partial charge on any atom is -0.308 e. The molecule has 2 rings (SSSR count). The SMILES string of the molecule is CCc1nnsc1C(=O)N(CC)c1cc(C)cc(C)c1. The molecule has 1 aromatic carbocycles. The number of aromatic nitrogens is 2. The molecule has 0 radical (unpaired) electrons. The second-order valence-corrected chi connectivity index (χ2v) is 5.55. The number of nitrogens with zero attached hydrogens (tertiary/aromatic N) is 3. The lowest BCUT2D eigenvalue weighted by Gasteiger charge is -2.21. The highest BCUT2D eigenvalue weighted by atomic mass is 32.1. The Morgan fingerprint density at radius 1 is 1.20 bits per heavy atom. The van der Waals surface area contributed by atoms with Crippen LogP contribution >= 0.6 is 11.5 Å². The standard InChI is InChI=1S/C15H19N3OS/c1-5-13-14(20-17-16-13)15(19)18(6-2)12-8-10(3)7-11(4)9-12/h7-9H,5-6H2,1-4H3. The molecule has 2 aromatic rings. The van der Waals surface area contributed by atoms with E-state index in [-0.39, 0.29) is 5.91 Å². The molecule has 1 heterocycles. The smallest absolute Gasteiger partial charge is 0.271 e. The molecular weight excluding hydrogens is 270 g/mol. The number of benzene rings is 1. The summed E-state index contributed by atoms with van der Waals surface area (Å²) in [5.41, 5.74) is 4.03. The van der Waals surface area contributed by atoms with Crippen molar-refractivity contribution in [2.75, 3.05) is 11.4 Å². The lowest BCUT2D eigenvalue weighted by Crippen LogP contribution is -2.30. The molecule has 0 aliphatic heterocycles. The van der Waals surface area contributed by atoms with Crippen LogP contribution in [0.1, 0.15) is 40.3 Å². The molecule has 0 aliphatic carbocycles. The lowest BCUT2D eigenvalue weighted by molar-refractivity contribution is 0.0991. The third-order valence-corrected chi connectivity index (χ3v) is 3.92. The van der Waals surface area contributed by atoms with Crippen molar-refractivity contribution in [3.63, 3.8) is 0 Å². The molecule has 5 heteroatoms. The first kappa shape index (κ1) is 14.7. The van der Waals surface area contributed by atoms with E-state index >= 15 is 0 Å². The van der Waals surface area contributed by atoms with Gasteiger partial charge in [0, 0.05) is 12.2 Å². The zero-order valence-electron chi connectivity index (χ0n) is 12.3. The molecule has 0 saturated carbocycles. The molecule has 0 fully saturated rings. The third-order valence-electron chi connectivity index (χ3n) is 3.16. The monoisotopic (exact) mass is 289 g/mol. The van der Waals surface area contributed by atoms with E-state index in [0.29, 0.717) is 11.4 Å². The maximum absolute atomic E-state index is 12.7. The number of rotatable bonds is 4. The topological polar surface area (TPSA) is 46.1 Å². The highest BCUT2D eigenvalue weighted by molar-refractivity contribution is 7.08. The second kappa shape index (κ2) is 6.13. The lowest BCUT2D eigenvalue weighted by atomic mass is 10.1. The molecule has 1 amide bonds. The van der Waals surface area contributed by atoms with E-state index in [0.717, 1.165) is 28.9 Å². The molecule has 1 aromatic heterocycles. The number of aryl methyl sites for hydroxylation is 3. The van der Waals surface area contributed by atoms with Crippen LogP contribution in [-0.4, -0.2) is 22.0 Å². The van der Waals surface area contributed by atoms with Crippen LogP contribution in [0.2, 0.25) is 0 Å². The Balaban J connectivity index is 2.39. The summed E-state index contributed by atoms with van der Waals surface area (Å²) in [6.07, 6.45) is 0.724. The molecule has 4 nitrogen and oxygen atoms in total. The zero-order chi connectivity index (χ0) is 14.7. The Morgan fingerprint density at radius 2 is 1.85 bits per heavy atom. The first-order valence-corrected chi connectivity index (χ1v) is 7.55. The van der Waals surface area contributed by atoms with Crippen molar-refractivity contribution in [3.8, 4) is 0 Å². The average Bonchev–Trinajstić information content (AvgIpc) is 2.86. The summed E-state index contributed by atoms with van der Waals surface area (Å²) in [5.74, 6) is -0.00986. The number of hydrogen-bond acceptors (Lipinski definition) is 4. The van der Waals surface area contributed by atoms with Crippen LogP contribution in [0.5, 0.6) is 0 Å². The minimum atomic E-state index is -0.00986. The van der Waals surface area contributed by atoms with Crippen LogP contribution in [0, 0.1) is 13.8 Å². The number of anilines is 1. The molecule has 106 valence electrons. The van der Waals surface area contributed by atoms with Gasteiger partial charge in [-0.25, -0.2) is 0 Å². The molecule has 0 atom stereocenters. The molecule has 0 saturated heterocycles. The number of hydrogen-bond donors (Lipinski definition) is 0. The Hall–Kier alpha value is -1.75. The minimum absolute atomic E-state index is 0.00986. The van der Waals surface area contributed by atoms with E-state index in [2.05, 4.69) is 15.7 Å². The quantitative estimate of drug-likeness (QED) is 0.866. The molecule has 0 spiro atoms. The summed E-state index contributed by atoms with van der Waals surface area (Å²) in [6, 6.07) is 6.18. The summed E-state index contributed by atoms with van der Waals surface area (Å²) in [7, 11) is 0. The number of amides is 1. The van der Waals surface area contributed by atoms with Gasteiger partial charge in [0.1, 0.15) is 4.88 Å². The van der Waals surface area contributed by atoms with Gasteiger partial charge in [0.2, 0.25) is 0 Å². The van der Waals surface area contributed by atoms with E-state index in [1.807, 2.05) is 39.8 Å². The average molecular weight is 289 g/mol. The predicted molar refractivity (Wildman–Crippen MR) is 82.6 cm³/mol. The summed E-state index contributed by atoms with van der Waals surface area (Å²) >= 11 is 1.18. The Bertz CT molecular complexity index is 601. The second-order valence-electron chi connectivity index (χ2n) is 4.80. The normalized spacial score (nSPS) is 10.6. The van der Waals surface area contributed by atoms with E-state index in [9.17, 15) is 4.79 Å². The van der Waals surface area contributed by atoms with E-state index in [1.54, 1.807) is 4.90 Å². The highest BCUT2D eigenvalue weighted by Gasteiger charge is 2.22. The summed E-state index contributed by atoms with van der Waals surface area (Å²) in [6.45, 7) is 8.68. The Kier molecular flexibility index (Phi) is 4.49. The fourth-order valence-electron chi connectivity index (χ4n) is 2.27. The Labute approximate surface area is 123 Å². The largest absolute Gasteiger partial charge is 0.308 e. The van der Waals surface area contributed by atoms with E-state index < -0.39 is 0 Å². The number of carbonyl (C=O) groups is 1. The predicted octanol–water partition coefficient (Wildman–Crippen LogP) is 3.38. The van der Waals surface area contributed by atoms with Crippen LogP contribution in [0.3, 0.4) is 0 Å². The molecule has 20 heavy (non-hydrogen) atoms. The van der Waals surface area contributed by atoms with Gasteiger partial charge in [-0.3, -0.25) is 4.79 Å². The van der Waals surface area contributed by atoms with Gasteiger partial charge in [-0.1, -0.05) is 17.5 Å². The van der Waals surface area contributed by atoms with Crippen molar-refractivity contribution >= 4 is 23.1 Å². The van der Waals surface area contributed by atoms with Crippen LogP contribution in [0.4, 0.5) is 5.69 Å². The number of carbonyl (C=O) groups excluding carboxylic acids is 1. The Morgan fingerprint density at radius 3 is 2.40 bits per heavy atom. The van der Waals surface area contributed by atoms with E-state index in [4.69, 9.17) is 0 Å². The van der Waals surface area contributed by atoms with Crippen molar-refractivity contribution in [3.05, 3.63) is 39.9 Å².